The molecular formula is C30H32F2N4. The summed E-state index contributed by atoms with van der Waals surface area (Å²) in [6.45, 7) is 11.2. The summed E-state index contributed by atoms with van der Waals surface area (Å²) in [5.41, 5.74) is 12.2. The predicted octanol–water partition coefficient (Wildman–Crippen LogP) is 6.05. The molecule has 0 spiro atoms. The molecule has 0 saturated carbocycles. The SMILES string of the molecule is C=CC(=C)/C(=C(/c1ccc(F)cc1)N(C)C)c1cc(F)cc(N2CCN(c3ccc(N)cc3)CC2)c1. The highest BCUT2D eigenvalue weighted by Gasteiger charge is 2.21. The number of nitrogen functional groups attached to an aromatic ring is 1. The molecule has 186 valence electrons. The van der Waals surface area contributed by atoms with Gasteiger partial charge in [-0.2, -0.15) is 0 Å². The number of hydrogen-bond donors (Lipinski definition) is 1. The zero-order valence-electron chi connectivity index (χ0n) is 20.8. The molecule has 4 nitrogen and oxygen atoms in total. The second-order valence-electron chi connectivity index (χ2n) is 9.12. The topological polar surface area (TPSA) is 35.7 Å². The fourth-order valence-electron chi connectivity index (χ4n) is 4.62. The van der Waals surface area contributed by atoms with Crippen molar-refractivity contribution in [2.75, 3.05) is 55.8 Å². The number of hydrogen-bond acceptors (Lipinski definition) is 4. The standard InChI is InChI=1S/C30H32F2N4/c1-5-21(2)29(30(34(3)4)22-6-8-24(31)9-7-22)23-18-25(32)20-28(19-23)36-16-14-35(15-17-36)27-12-10-26(33)11-13-27/h5-13,18-20H,1-2,14-17,33H2,3-4H3/b30-29+. The smallest absolute Gasteiger partial charge is 0.125 e. The van der Waals surface area contributed by atoms with Crippen molar-refractivity contribution in [3.63, 3.8) is 0 Å². The minimum atomic E-state index is -0.324. The second-order valence-corrected chi connectivity index (χ2v) is 9.12. The van der Waals surface area contributed by atoms with E-state index in [1.807, 2.05) is 49.3 Å². The molecule has 0 unspecified atom stereocenters. The maximum atomic E-state index is 15.0. The van der Waals surface area contributed by atoms with E-state index in [2.05, 4.69) is 23.0 Å². The summed E-state index contributed by atoms with van der Waals surface area (Å²) in [7, 11) is 3.82. The van der Waals surface area contributed by atoms with Crippen LogP contribution in [0.2, 0.25) is 0 Å². The fraction of sp³-hybridized carbons (Fsp3) is 0.200. The summed E-state index contributed by atoms with van der Waals surface area (Å²) in [6.07, 6.45) is 1.67. The van der Waals surface area contributed by atoms with Crippen molar-refractivity contribution in [1.29, 1.82) is 0 Å². The molecule has 2 N–H and O–H groups in total. The van der Waals surface area contributed by atoms with Gasteiger partial charge in [0.1, 0.15) is 11.6 Å². The van der Waals surface area contributed by atoms with Gasteiger partial charge in [-0.25, -0.2) is 8.78 Å². The van der Waals surface area contributed by atoms with Crippen LogP contribution in [0.3, 0.4) is 0 Å². The number of benzene rings is 3. The van der Waals surface area contributed by atoms with E-state index in [0.717, 1.165) is 60.1 Å². The van der Waals surface area contributed by atoms with Gasteiger partial charge in [-0.3, -0.25) is 0 Å². The summed E-state index contributed by atoms with van der Waals surface area (Å²) < 4.78 is 28.7. The number of halogens is 2. The van der Waals surface area contributed by atoms with E-state index in [4.69, 9.17) is 5.73 Å². The van der Waals surface area contributed by atoms with E-state index in [1.54, 1.807) is 24.3 Å². The molecule has 0 aromatic heterocycles. The zero-order valence-corrected chi connectivity index (χ0v) is 20.8. The molecule has 0 aliphatic carbocycles. The van der Waals surface area contributed by atoms with E-state index < -0.39 is 0 Å². The van der Waals surface area contributed by atoms with Crippen molar-refractivity contribution >= 4 is 28.3 Å². The van der Waals surface area contributed by atoms with Gasteiger partial charge >= 0.3 is 0 Å². The summed E-state index contributed by atoms with van der Waals surface area (Å²) >= 11 is 0. The average molecular weight is 487 g/mol. The molecule has 1 saturated heterocycles. The summed E-state index contributed by atoms with van der Waals surface area (Å²) in [5.74, 6) is -0.637. The van der Waals surface area contributed by atoms with E-state index in [-0.39, 0.29) is 11.6 Å². The van der Waals surface area contributed by atoms with E-state index in [1.165, 1.54) is 18.2 Å². The van der Waals surface area contributed by atoms with E-state index >= 15 is 4.39 Å². The van der Waals surface area contributed by atoms with Gasteiger partial charge in [0.25, 0.3) is 0 Å². The third-order valence-corrected chi connectivity index (χ3v) is 6.44. The summed E-state index contributed by atoms with van der Waals surface area (Å²) in [6, 6.07) is 19.2. The first-order chi connectivity index (χ1) is 17.3. The highest BCUT2D eigenvalue weighted by Crippen LogP contribution is 2.36. The Hall–Kier alpha value is -4.06. The minimum Gasteiger partial charge on any atom is -0.399 e. The highest BCUT2D eigenvalue weighted by atomic mass is 19.1. The predicted molar refractivity (Wildman–Crippen MR) is 148 cm³/mol. The van der Waals surface area contributed by atoms with Crippen LogP contribution >= 0.6 is 0 Å². The van der Waals surface area contributed by atoms with Crippen LogP contribution < -0.4 is 15.5 Å². The number of nitrogens with two attached hydrogens (primary N) is 1. The van der Waals surface area contributed by atoms with Gasteiger partial charge in [-0.05, 0) is 83.4 Å². The van der Waals surface area contributed by atoms with Crippen LogP contribution in [-0.2, 0) is 0 Å². The first-order valence-electron chi connectivity index (χ1n) is 11.9. The maximum absolute atomic E-state index is 15.0. The van der Waals surface area contributed by atoms with Gasteiger partial charge in [0.2, 0.25) is 0 Å². The summed E-state index contributed by atoms with van der Waals surface area (Å²) in [4.78, 5) is 6.44. The Morgan fingerprint density at radius 1 is 0.806 bits per heavy atom. The lowest BCUT2D eigenvalue weighted by Crippen LogP contribution is -2.46. The van der Waals surface area contributed by atoms with Crippen LogP contribution in [0.5, 0.6) is 0 Å². The number of piperazine rings is 1. The molecule has 0 amide bonds. The molecule has 3 aromatic rings. The molecule has 3 aromatic carbocycles. The van der Waals surface area contributed by atoms with Crippen molar-refractivity contribution in [3.05, 3.63) is 114 Å². The lowest BCUT2D eigenvalue weighted by molar-refractivity contribution is 0.592. The van der Waals surface area contributed by atoms with Gasteiger partial charge < -0.3 is 20.4 Å². The van der Waals surface area contributed by atoms with Crippen LogP contribution in [0.15, 0.2) is 91.5 Å². The Bertz CT molecular complexity index is 1270. The largest absolute Gasteiger partial charge is 0.399 e. The normalized spacial score (nSPS) is 14.3. The van der Waals surface area contributed by atoms with Crippen molar-refractivity contribution in [2.45, 2.75) is 0 Å². The maximum Gasteiger partial charge on any atom is 0.125 e. The van der Waals surface area contributed by atoms with Crippen LogP contribution in [0.1, 0.15) is 11.1 Å². The molecule has 0 radical (unpaired) electrons. The lowest BCUT2D eigenvalue weighted by Gasteiger charge is -2.37. The lowest BCUT2D eigenvalue weighted by atomic mass is 9.92. The summed E-state index contributed by atoms with van der Waals surface area (Å²) in [5, 5.41) is 0. The molecule has 4 rings (SSSR count). The number of nitrogens with zero attached hydrogens (tertiary/aromatic N) is 3. The first-order valence-corrected chi connectivity index (χ1v) is 11.9. The Kier molecular flexibility index (Phi) is 7.44. The number of rotatable bonds is 7. The van der Waals surface area contributed by atoms with Gasteiger partial charge in [0.05, 0.1) is 5.70 Å². The van der Waals surface area contributed by atoms with Crippen LogP contribution in [0.25, 0.3) is 11.3 Å². The molecule has 0 bridgehead atoms. The Morgan fingerprint density at radius 3 is 1.94 bits per heavy atom. The van der Waals surface area contributed by atoms with Gasteiger partial charge in [0, 0.05) is 62.9 Å². The molecule has 0 atom stereocenters. The molecule has 36 heavy (non-hydrogen) atoms. The average Bonchev–Trinajstić information content (AvgIpc) is 2.87. The van der Waals surface area contributed by atoms with Crippen LogP contribution in [0, 0.1) is 11.6 Å². The third-order valence-electron chi connectivity index (χ3n) is 6.44. The quantitative estimate of drug-likeness (QED) is 0.251. The van der Waals surface area contributed by atoms with Crippen molar-refractivity contribution in [3.8, 4) is 0 Å². The monoisotopic (exact) mass is 486 g/mol. The molecule has 1 aliphatic rings. The van der Waals surface area contributed by atoms with Crippen molar-refractivity contribution < 1.29 is 8.78 Å². The molecule has 1 aliphatic heterocycles. The molecule has 1 heterocycles. The third kappa shape index (κ3) is 5.43. The number of anilines is 3. The van der Waals surface area contributed by atoms with Crippen LogP contribution in [0.4, 0.5) is 25.8 Å². The molecule has 6 heteroatoms. The molecule has 1 fully saturated rings. The van der Waals surface area contributed by atoms with E-state index in [0.29, 0.717) is 11.1 Å². The zero-order chi connectivity index (χ0) is 25.8. The highest BCUT2D eigenvalue weighted by molar-refractivity contribution is 5.99. The Labute approximate surface area is 212 Å². The second kappa shape index (κ2) is 10.7. The minimum absolute atomic E-state index is 0.313. The Morgan fingerprint density at radius 2 is 1.39 bits per heavy atom. The van der Waals surface area contributed by atoms with E-state index in [9.17, 15) is 4.39 Å². The van der Waals surface area contributed by atoms with Crippen LogP contribution in [-0.4, -0.2) is 45.2 Å². The van der Waals surface area contributed by atoms with Crippen molar-refractivity contribution in [2.24, 2.45) is 0 Å². The molecular weight excluding hydrogens is 454 g/mol. The fourth-order valence-corrected chi connectivity index (χ4v) is 4.62. The number of allylic oxidation sites excluding steroid dienone is 3. The van der Waals surface area contributed by atoms with Gasteiger partial charge in [-0.1, -0.05) is 19.2 Å². The van der Waals surface area contributed by atoms with Crippen molar-refractivity contribution in [1.82, 2.24) is 4.90 Å². The first kappa shape index (κ1) is 25.0. The van der Waals surface area contributed by atoms with Gasteiger partial charge in [-0.15, -0.1) is 0 Å². The Balaban J connectivity index is 1.70. The van der Waals surface area contributed by atoms with Gasteiger partial charge in [0.15, 0.2) is 0 Å².